The lowest BCUT2D eigenvalue weighted by atomic mass is 9.56. The fourth-order valence-electron chi connectivity index (χ4n) is 14.2. The van der Waals surface area contributed by atoms with Crippen LogP contribution < -0.4 is 10.2 Å². The average Bonchev–Trinajstić information content (AvgIpc) is 0.789. The highest BCUT2D eigenvalue weighted by Crippen LogP contribution is 2.55. The van der Waals surface area contributed by atoms with Gasteiger partial charge in [0.15, 0.2) is 0 Å². The molecule has 94 heavy (non-hydrogen) atoms. The Morgan fingerprint density at radius 1 is 0.340 bits per heavy atom. The van der Waals surface area contributed by atoms with E-state index in [1.54, 1.807) is 11.8 Å². The first kappa shape index (κ1) is 77.2. The smallest absolute Gasteiger partial charge is 0.123 e. The number of hydrogen-bond donors (Lipinski definition) is 4. The Balaban J connectivity index is 1.90. The first-order valence-corrected chi connectivity index (χ1v) is 36.3. The van der Waals surface area contributed by atoms with Crippen LogP contribution in [0.25, 0.3) is 0 Å². The van der Waals surface area contributed by atoms with Crippen molar-refractivity contribution < 1.29 is 40.2 Å². The molecule has 0 aliphatic rings. The quantitative estimate of drug-likeness (QED) is 0.0455. The van der Waals surface area contributed by atoms with Crippen LogP contribution in [-0.4, -0.2) is 55.4 Å². The second kappa shape index (κ2) is 28.3. The van der Waals surface area contributed by atoms with Gasteiger partial charge in [-0.3, -0.25) is 0 Å². The lowest BCUT2D eigenvalue weighted by molar-refractivity contribution is -0.320. The zero-order valence-corrected chi connectivity index (χ0v) is 63.5. The van der Waals surface area contributed by atoms with E-state index in [2.05, 4.69) is 239 Å². The van der Waals surface area contributed by atoms with Crippen LogP contribution in [0.5, 0.6) is 23.0 Å². The summed E-state index contributed by atoms with van der Waals surface area (Å²) in [4.78, 5) is 27.9. The Bertz CT molecular complexity index is 3090. The number of aliphatic carboxylic acids is 2. The Morgan fingerprint density at radius 3 is 0.766 bits per heavy atom. The van der Waals surface area contributed by atoms with Gasteiger partial charge >= 0.3 is 0 Å². The predicted octanol–water partition coefficient (Wildman–Crippen LogP) is 18.2. The molecule has 6 aromatic rings. The summed E-state index contributed by atoms with van der Waals surface area (Å²) in [7, 11) is 0. The average molecular weight is 1320 g/mol. The van der Waals surface area contributed by atoms with Crippen LogP contribution in [0.4, 0.5) is 0 Å². The van der Waals surface area contributed by atoms with E-state index in [4.69, 9.17) is 0 Å². The van der Waals surface area contributed by atoms with Gasteiger partial charge in [0.2, 0.25) is 0 Å². The molecule has 10 heteroatoms. The molecule has 0 spiro atoms. The Morgan fingerprint density at radius 2 is 0.564 bits per heavy atom. The number of carboxylic acids is 2. The Labute approximate surface area is 576 Å². The summed E-state index contributed by atoms with van der Waals surface area (Å²) in [5, 5.41) is 77.6. The van der Waals surface area contributed by atoms with Crippen LogP contribution in [-0.2, 0) is 89.4 Å². The van der Waals surface area contributed by atoms with E-state index in [-0.39, 0.29) is 48.0 Å². The molecule has 514 valence electrons. The summed E-state index contributed by atoms with van der Waals surface area (Å²) < 4.78 is 0. The first-order valence-electron chi connectivity index (χ1n) is 34.0. The van der Waals surface area contributed by atoms with E-state index in [9.17, 15) is 30.3 Å². The molecular formula is C84H116O8S2-2. The maximum Gasteiger partial charge on any atom is 0.123 e. The van der Waals surface area contributed by atoms with Gasteiger partial charge in [0.05, 0.1) is 0 Å². The zero-order valence-electron chi connectivity index (χ0n) is 61.9. The number of aromatic hydroxyl groups is 4. The maximum absolute atomic E-state index is 16.2. The number of carboxylic acid groups (broad SMARTS) is 2. The van der Waals surface area contributed by atoms with E-state index in [1.165, 1.54) is 11.8 Å². The molecular weight excluding hydrogens is 1200 g/mol. The van der Waals surface area contributed by atoms with E-state index in [1.807, 2.05) is 36.4 Å². The third-order valence-corrected chi connectivity index (χ3v) is 21.6. The molecule has 0 heterocycles. The topological polar surface area (TPSA) is 161 Å². The fourth-order valence-corrected chi connectivity index (χ4v) is 16.5. The Kier molecular flexibility index (Phi) is 23.2. The van der Waals surface area contributed by atoms with Gasteiger partial charge in [-0.1, -0.05) is 275 Å². The van der Waals surface area contributed by atoms with Crippen molar-refractivity contribution in [2.24, 2.45) is 5.41 Å². The zero-order chi connectivity index (χ0) is 71.0. The second-order valence-corrected chi connectivity index (χ2v) is 38.2. The molecule has 0 atom stereocenters. The molecule has 4 N–H and O–H groups in total. The minimum absolute atomic E-state index is 0.0744. The summed E-state index contributed by atoms with van der Waals surface area (Å²) in [5.74, 6) is 0.280. The first-order chi connectivity index (χ1) is 42.8. The number of rotatable bonds is 23. The van der Waals surface area contributed by atoms with Crippen LogP contribution in [0.3, 0.4) is 0 Å². The van der Waals surface area contributed by atoms with E-state index < -0.39 is 71.5 Å². The van der Waals surface area contributed by atoms with Crippen molar-refractivity contribution in [2.75, 3.05) is 23.0 Å². The van der Waals surface area contributed by atoms with Crippen molar-refractivity contribution in [1.82, 2.24) is 0 Å². The summed E-state index contributed by atoms with van der Waals surface area (Å²) in [5.41, 5.74) is 4.29. The second-order valence-electron chi connectivity index (χ2n) is 35.9. The minimum Gasteiger partial charge on any atom is -0.550 e. The van der Waals surface area contributed by atoms with Crippen LogP contribution in [0, 0.1) is 5.41 Å². The molecule has 0 saturated carbocycles. The van der Waals surface area contributed by atoms with E-state index in [0.29, 0.717) is 42.9 Å². The number of hydrogen-bond acceptors (Lipinski definition) is 10. The number of benzene rings is 6. The molecule has 0 saturated heterocycles. The van der Waals surface area contributed by atoms with Crippen molar-refractivity contribution in [1.29, 1.82) is 0 Å². The van der Waals surface area contributed by atoms with Crippen molar-refractivity contribution in [3.05, 3.63) is 187 Å². The summed E-state index contributed by atoms with van der Waals surface area (Å²) in [6, 6.07) is 37.9. The molecule has 0 unspecified atom stereocenters. The molecule has 0 amide bonds. The van der Waals surface area contributed by atoms with Crippen molar-refractivity contribution in [3.63, 3.8) is 0 Å². The van der Waals surface area contributed by atoms with Gasteiger partial charge in [-0.25, -0.2) is 0 Å². The minimum atomic E-state index is -1.69. The number of carbonyl (C=O) groups excluding carboxylic acids is 2. The number of phenols is 4. The molecule has 6 rings (SSSR count). The fraction of sp³-hybridized carbons (Fsp3) is 0.548. The monoisotopic (exact) mass is 1320 g/mol. The molecule has 0 fully saturated rings. The number of phenolic OH excluding ortho intramolecular Hbond substituents is 4. The van der Waals surface area contributed by atoms with Gasteiger partial charge in [-0.15, -0.1) is 0 Å². The molecule has 0 aliphatic heterocycles. The van der Waals surface area contributed by atoms with E-state index in [0.717, 1.165) is 77.9 Å². The van der Waals surface area contributed by atoms with Gasteiger partial charge in [0.1, 0.15) is 23.0 Å². The number of carbonyl (C=O) groups is 2. The molecule has 8 nitrogen and oxygen atoms in total. The van der Waals surface area contributed by atoms with Crippen LogP contribution in [0.1, 0.15) is 263 Å². The van der Waals surface area contributed by atoms with Crippen molar-refractivity contribution in [2.45, 2.75) is 265 Å². The highest BCUT2D eigenvalue weighted by atomic mass is 32.2. The third-order valence-electron chi connectivity index (χ3n) is 19.1. The van der Waals surface area contributed by atoms with Crippen LogP contribution in [0.15, 0.2) is 109 Å². The molecule has 6 aromatic carbocycles. The van der Waals surface area contributed by atoms with Gasteiger partial charge in [-0.05, 0) is 172 Å². The van der Waals surface area contributed by atoms with Crippen molar-refractivity contribution >= 4 is 35.5 Å². The standard InChI is InChI=1S/C84H118O8S2/c1-74(2,3)60-39-54(40-61(69(60)87)75(4,5)6)47-82(58-31-27-25-28-32-58,48-55-41-62(76(7,8)9)70(88)63(42-55)77(10,11)12)51-84(73(91)92,53-94-38-37-93-36-35-68(85)86)52-83(59-33-29-26-30-34-59,49-56-43-64(78(13,14)15)71(89)65(44-56)79(16,17)18)50-57-45-66(80(19,20)21)72(90)67(46-57)81(22,23)24/h25-34,39-46,87-90H,35-38,47-53H2,1-24H3,(H,85,86)(H,91,92)/p-2. The molecule has 0 bridgehead atoms. The predicted molar refractivity (Wildman–Crippen MR) is 394 cm³/mol. The lowest BCUT2D eigenvalue weighted by Crippen LogP contribution is -2.54. The molecule has 0 aromatic heterocycles. The molecule has 0 radical (unpaired) electrons. The summed E-state index contributed by atoms with van der Waals surface area (Å²) in [6.45, 7) is 50.8. The molecule has 0 aliphatic carbocycles. The largest absolute Gasteiger partial charge is 0.550 e. The van der Waals surface area contributed by atoms with E-state index >= 15 is 9.90 Å². The normalized spacial score (nSPS) is 13.6. The van der Waals surface area contributed by atoms with Gasteiger partial charge in [-0.2, -0.15) is 23.5 Å². The highest BCUT2D eigenvalue weighted by Gasteiger charge is 2.50. The Hall–Kier alpha value is -5.84. The SMILES string of the molecule is CC(C)(C)c1cc(CC(Cc2cc(C(C)(C)C)c(O)c(C(C)(C)C)c2)(CC(CSCCSCCC(=O)[O-])(CC(Cc2cc(C(C)(C)C)c(O)c(C(C)(C)C)c2)(Cc2cc(C(C)(C)C)c(O)c(C(C)(C)C)c2)c2ccccc2)C(=O)[O-])c2ccccc2)cc(C(C)(C)C)c1O. The van der Waals surface area contributed by atoms with Gasteiger partial charge < -0.3 is 40.2 Å². The lowest BCUT2D eigenvalue weighted by Gasteiger charge is -2.50. The third kappa shape index (κ3) is 18.6. The summed E-state index contributed by atoms with van der Waals surface area (Å²) in [6.07, 6.45) is 1.45. The van der Waals surface area contributed by atoms with Crippen LogP contribution in [0.2, 0.25) is 0 Å². The number of thioether (sulfide) groups is 2. The van der Waals surface area contributed by atoms with Crippen molar-refractivity contribution in [3.8, 4) is 23.0 Å². The van der Waals surface area contributed by atoms with Gasteiger partial charge in [0.25, 0.3) is 0 Å². The van der Waals surface area contributed by atoms with Crippen LogP contribution >= 0.6 is 23.5 Å². The summed E-state index contributed by atoms with van der Waals surface area (Å²) >= 11 is 3.07. The maximum atomic E-state index is 16.2. The van der Waals surface area contributed by atoms with Gasteiger partial charge in [0, 0.05) is 45.4 Å². The highest BCUT2D eigenvalue weighted by molar-refractivity contribution is 8.02.